The van der Waals surface area contributed by atoms with Crippen molar-refractivity contribution in [3.05, 3.63) is 47.8 Å². The summed E-state index contributed by atoms with van der Waals surface area (Å²) < 4.78 is 5.41. The van der Waals surface area contributed by atoms with Crippen molar-refractivity contribution in [3.63, 3.8) is 0 Å². The van der Waals surface area contributed by atoms with Crippen LogP contribution in [0.3, 0.4) is 0 Å². The second-order valence-corrected chi connectivity index (χ2v) is 6.66. The summed E-state index contributed by atoms with van der Waals surface area (Å²) in [6.07, 6.45) is 3.66. The van der Waals surface area contributed by atoms with Gasteiger partial charge in [-0.25, -0.2) is 9.97 Å². The van der Waals surface area contributed by atoms with Crippen LogP contribution in [0, 0.1) is 0 Å². The predicted molar refractivity (Wildman–Crippen MR) is 99.9 cm³/mol. The molecule has 1 aliphatic heterocycles. The molecule has 0 saturated heterocycles. The Hall–Kier alpha value is -2.18. The minimum Gasteiger partial charge on any atom is -0.481 e. The number of ether oxygens (including phenoxy) is 1. The van der Waals surface area contributed by atoms with Crippen molar-refractivity contribution in [2.45, 2.75) is 13.1 Å². The Morgan fingerprint density at radius 3 is 2.72 bits per heavy atom. The molecule has 0 aliphatic carbocycles. The molecule has 25 heavy (non-hydrogen) atoms. The summed E-state index contributed by atoms with van der Waals surface area (Å²) in [4.78, 5) is 16.0. The van der Waals surface area contributed by atoms with Gasteiger partial charge in [0.1, 0.15) is 5.82 Å². The molecule has 0 unspecified atom stereocenters. The fourth-order valence-corrected chi connectivity index (χ4v) is 3.17. The van der Waals surface area contributed by atoms with Gasteiger partial charge in [-0.1, -0.05) is 12.1 Å². The third-order valence-corrected chi connectivity index (χ3v) is 4.50. The molecule has 1 aliphatic rings. The summed E-state index contributed by atoms with van der Waals surface area (Å²) in [6.45, 7) is 5.68. The first-order chi connectivity index (χ1) is 12.2. The van der Waals surface area contributed by atoms with Gasteiger partial charge in [-0.2, -0.15) is 0 Å². The molecule has 134 valence electrons. The fraction of sp³-hybridized carbons (Fsp3) is 0.474. The fourth-order valence-electron chi connectivity index (χ4n) is 3.17. The van der Waals surface area contributed by atoms with Gasteiger partial charge in [-0.15, -0.1) is 0 Å². The van der Waals surface area contributed by atoms with E-state index in [4.69, 9.17) is 4.74 Å². The first-order valence-electron chi connectivity index (χ1n) is 8.71. The van der Waals surface area contributed by atoms with Gasteiger partial charge in [0.05, 0.1) is 7.11 Å². The normalized spacial score (nSPS) is 15.1. The number of rotatable bonds is 6. The van der Waals surface area contributed by atoms with Crippen LogP contribution in [0.4, 0.5) is 5.82 Å². The van der Waals surface area contributed by atoms with Crippen LogP contribution in [-0.2, 0) is 13.1 Å². The summed E-state index contributed by atoms with van der Waals surface area (Å²) >= 11 is 0. The van der Waals surface area contributed by atoms with Gasteiger partial charge in [-0.3, -0.25) is 4.90 Å². The molecule has 0 radical (unpaired) electrons. The van der Waals surface area contributed by atoms with E-state index in [1.54, 1.807) is 13.3 Å². The van der Waals surface area contributed by atoms with Crippen molar-refractivity contribution in [1.29, 1.82) is 0 Å². The van der Waals surface area contributed by atoms with Crippen LogP contribution < -0.4 is 9.64 Å². The molecular weight excluding hydrogens is 314 g/mol. The van der Waals surface area contributed by atoms with Gasteiger partial charge < -0.3 is 14.5 Å². The number of fused-ring (bicyclic) bond motifs is 1. The molecule has 0 amide bonds. The molecule has 0 N–H and O–H groups in total. The molecule has 6 nitrogen and oxygen atoms in total. The zero-order valence-corrected chi connectivity index (χ0v) is 15.4. The second-order valence-electron chi connectivity index (χ2n) is 6.66. The van der Waals surface area contributed by atoms with E-state index in [2.05, 4.69) is 50.9 Å². The van der Waals surface area contributed by atoms with Gasteiger partial charge in [-0.05, 0) is 26.2 Å². The number of anilines is 1. The Morgan fingerprint density at radius 1 is 1.12 bits per heavy atom. The number of aromatic nitrogens is 2. The highest BCUT2D eigenvalue weighted by Crippen LogP contribution is 2.24. The molecular formula is C19H27N5O. The number of hydrogen-bond acceptors (Lipinski definition) is 6. The van der Waals surface area contributed by atoms with Crippen LogP contribution in [0.25, 0.3) is 0 Å². The molecule has 0 saturated carbocycles. The number of methoxy groups -OCH3 is 1. The Kier molecular flexibility index (Phi) is 5.83. The molecule has 3 heterocycles. The van der Waals surface area contributed by atoms with E-state index in [9.17, 15) is 0 Å². The minimum atomic E-state index is 0.711. The van der Waals surface area contributed by atoms with Crippen LogP contribution in [0.15, 0.2) is 36.7 Å². The molecule has 0 atom stereocenters. The van der Waals surface area contributed by atoms with E-state index in [-0.39, 0.29) is 0 Å². The maximum atomic E-state index is 5.41. The van der Waals surface area contributed by atoms with Gasteiger partial charge in [0.2, 0.25) is 5.88 Å². The zero-order chi connectivity index (χ0) is 17.6. The molecule has 6 heteroatoms. The Balaban J connectivity index is 1.77. The van der Waals surface area contributed by atoms with Gasteiger partial charge in [0, 0.05) is 62.8 Å². The molecule has 3 rings (SSSR count). The number of hydrogen-bond donors (Lipinski definition) is 0. The van der Waals surface area contributed by atoms with Crippen LogP contribution in [0.1, 0.15) is 11.1 Å². The highest BCUT2D eigenvalue weighted by molar-refractivity contribution is 5.47. The van der Waals surface area contributed by atoms with Gasteiger partial charge in [0.25, 0.3) is 0 Å². The summed E-state index contributed by atoms with van der Waals surface area (Å²) in [7, 11) is 5.90. The Bertz CT molecular complexity index is 691. The van der Waals surface area contributed by atoms with Crippen LogP contribution in [0.2, 0.25) is 0 Å². The molecule has 0 spiro atoms. The standard InChI is InChI=1S/C19H27N5O/c1-22(2)10-12-24-13-11-23(14-16-6-4-8-20-18(16)24)15-17-7-5-9-21-19(17)25-3/h4-9H,10-15H2,1-3H3. The molecule has 2 aromatic rings. The Morgan fingerprint density at radius 2 is 1.92 bits per heavy atom. The molecule has 0 fully saturated rings. The van der Waals surface area contributed by atoms with E-state index in [1.807, 2.05) is 18.3 Å². The molecule has 0 bridgehead atoms. The number of nitrogens with zero attached hydrogens (tertiary/aromatic N) is 5. The maximum Gasteiger partial charge on any atom is 0.217 e. The smallest absolute Gasteiger partial charge is 0.217 e. The van der Waals surface area contributed by atoms with E-state index >= 15 is 0 Å². The van der Waals surface area contributed by atoms with Crippen molar-refractivity contribution in [2.75, 3.05) is 52.3 Å². The minimum absolute atomic E-state index is 0.711. The lowest BCUT2D eigenvalue weighted by Gasteiger charge is -2.25. The first kappa shape index (κ1) is 17.6. The van der Waals surface area contributed by atoms with Crippen molar-refractivity contribution >= 4 is 5.82 Å². The van der Waals surface area contributed by atoms with Crippen molar-refractivity contribution in [1.82, 2.24) is 19.8 Å². The van der Waals surface area contributed by atoms with E-state index in [0.717, 1.165) is 50.6 Å². The summed E-state index contributed by atoms with van der Waals surface area (Å²) in [5.41, 5.74) is 2.40. The van der Waals surface area contributed by atoms with Gasteiger partial charge >= 0.3 is 0 Å². The van der Waals surface area contributed by atoms with Crippen molar-refractivity contribution in [2.24, 2.45) is 0 Å². The largest absolute Gasteiger partial charge is 0.481 e. The van der Waals surface area contributed by atoms with Gasteiger partial charge in [0.15, 0.2) is 0 Å². The van der Waals surface area contributed by atoms with E-state index < -0.39 is 0 Å². The van der Waals surface area contributed by atoms with E-state index in [1.165, 1.54) is 5.56 Å². The lowest BCUT2D eigenvalue weighted by atomic mass is 10.2. The maximum absolute atomic E-state index is 5.41. The lowest BCUT2D eigenvalue weighted by molar-refractivity contribution is 0.261. The summed E-state index contributed by atoms with van der Waals surface area (Å²) in [5.74, 6) is 1.83. The highest BCUT2D eigenvalue weighted by Gasteiger charge is 2.21. The van der Waals surface area contributed by atoms with Crippen molar-refractivity contribution < 1.29 is 4.74 Å². The summed E-state index contributed by atoms with van der Waals surface area (Å²) in [6, 6.07) is 8.26. The third kappa shape index (κ3) is 4.46. The number of likely N-dealkylation sites (N-methyl/N-ethyl adjacent to an activating group) is 1. The second kappa shape index (κ2) is 8.27. The van der Waals surface area contributed by atoms with Crippen LogP contribution in [0.5, 0.6) is 5.88 Å². The Labute approximate surface area is 150 Å². The number of pyridine rings is 2. The third-order valence-electron chi connectivity index (χ3n) is 4.50. The quantitative estimate of drug-likeness (QED) is 0.799. The predicted octanol–water partition coefficient (Wildman–Crippen LogP) is 1.87. The average molecular weight is 341 g/mol. The monoisotopic (exact) mass is 341 g/mol. The average Bonchev–Trinajstić information content (AvgIpc) is 2.79. The molecule has 2 aromatic heterocycles. The SMILES string of the molecule is COc1ncccc1CN1CCN(CCN(C)C)c2ncccc2C1. The highest BCUT2D eigenvalue weighted by atomic mass is 16.5. The van der Waals surface area contributed by atoms with Crippen LogP contribution >= 0.6 is 0 Å². The van der Waals surface area contributed by atoms with Crippen molar-refractivity contribution in [3.8, 4) is 5.88 Å². The van der Waals surface area contributed by atoms with Crippen LogP contribution in [-0.4, -0.2) is 67.2 Å². The molecule has 0 aromatic carbocycles. The topological polar surface area (TPSA) is 44.7 Å². The zero-order valence-electron chi connectivity index (χ0n) is 15.4. The first-order valence-corrected chi connectivity index (χ1v) is 8.71. The van der Waals surface area contributed by atoms with E-state index in [0.29, 0.717) is 5.88 Å². The summed E-state index contributed by atoms with van der Waals surface area (Å²) in [5, 5.41) is 0. The lowest BCUT2D eigenvalue weighted by Crippen LogP contribution is -2.36.